The number of benzene rings is 2. The van der Waals surface area contributed by atoms with Gasteiger partial charge < -0.3 is 14.7 Å². The van der Waals surface area contributed by atoms with Gasteiger partial charge in [-0.25, -0.2) is 0 Å². The molecule has 0 aliphatic rings. The molecule has 1 aromatic heterocycles. The molecule has 0 amide bonds. The summed E-state index contributed by atoms with van der Waals surface area (Å²) in [5.41, 5.74) is 2.09. The maximum Gasteiger partial charge on any atom is 0.319 e. The third-order valence-electron chi connectivity index (χ3n) is 4.26. The first-order valence-electron chi connectivity index (χ1n) is 8.70. The zero-order chi connectivity index (χ0) is 19.4. The summed E-state index contributed by atoms with van der Waals surface area (Å²) < 4.78 is 6.80. The van der Waals surface area contributed by atoms with E-state index in [1.807, 2.05) is 47.2 Å². The normalized spacial score (nSPS) is 11.5. The Labute approximate surface area is 162 Å². The second-order valence-electron chi connectivity index (χ2n) is 6.66. The van der Waals surface area contributed by atoms with E-state index in [4.69, 9.17) is 9.57 Å². The molecule has 0 saturated heterocycles. The number of para-hydroxylation sites is 1. The molecule has 0 fully saturated rings. The highest BCUT2D eigenvalue weighted by atomic mass is 32.2. The average Bonchev–Trinajstić information content (AvgIpc) is 3.00. The largest absolute Gasteiger partial charge is 0.493 e. The van der Waals surface area contributed by atoms with Crippen molar-refractivity contribution in [3.05, 3.63) is 60.3 Å². The van der Waals surface area contributed by atoms with E-state index in [0.29, 0.717) is 13.0 Å². The fourth-order valence-corrected chi connectivity index (χ4v) is 3.74. The summed E-state index contributed by atoms with van der Waals surface area (Å²) in [7, 11) is 1.66. The van der Waals surface area contributed by atoms with Gasteiger partial charge in [0.1, 0.15) is 17.6 Å². The number of hydrogen-bond donors (Lipinski definition) is 1. The second-order valence-corrected chi connectivity index (χ2v) is 8.35. The van der Waals surface area contributed by atoms with E-state index >= 15 is 0 Å². The molecule has 1 heterocycles. The van der Waals surface area contributed by atoms with Gasteiger partial charge in [0.2, 0.25) is 0 Å². The minimum absolute atomic E-state index is 0.521. The minimum Gasteiger partial charge on any atom is -0.493 e. The zero-order valence-electron chi connectivity index (χ0n) is 15.6. The predicted octanol–water partition coefficient (Wildman–Crippen LogP) is 4.28. The van der Waals surface area contributed by atoms with Crippen molar-refractivity contribution in [2.24, 2.45) is 0 Å². The molecule has 27 heavy (non-hydrogen) atoms. The number of fused-ring (bicyclic) bond motifs is 1. The molecule has 0 aliphatic carbocycles. The van der Waals surface area contributed by atoms with Crippen LogP contribution in [0.4, 0.5) is 0 Å². The lowest BCUT2D eigenvalue weighted by Gasteiger charge is -2.18. The molecule has 0 saturated carbocycles. The van der Waals surface area contributed by atoms with Crippen molar-refractivity contribution >= 4 is 28.6 Å². The fourth-order valence-electron chi connectivity index (χ4n) is 2.79. The Morgan fingerprint density at radius 2 is 1.85 bits per heavy atom. The maximum atomic E-state index is 11.2. The Balaban J connectivity index is 1.60. The number of ether oxygens (including phenoxy) is 1. The van der Waals surface area contributed by atoms with Gasteiger partial charge >= 0.3 is 5.97 Å². The smallest absolute Gasteiger partial charge is 0.319 e. The Hall–Kier alpha value is -2.60. The van der Waals surface area contributed by atoms with E-state index in [0.717, 1.165) is 27.2 Å². The van der Waals surface area contributed by atoms with E-state index in [1.54, 1.807) is 21.0 Å². The molecule has 0 radical (unpaired) electrons. The lowest BCUT2D eigenvalue weighted by Crippen LogP contribution is -2.26. The van der Waals surface area contributed by atoms with Gasteiger partial charge in [0.15, 0.2) is 0 Å². The second kappa shape index (κ2) is 7.96. The number of carboxylic acids is 1. The van der Waals surface area contributed by atoms with Crippen molar-refractivity contribution in [2.45, 2.75) is 29.9 Å². The first-order chi connectivity index (χ1) is 12.9. The highest BCUT2D eigenvalue weighted by Crippen LogP contribution is 2.33. The lowest BCUT2D eigenvalue weighted by atomic mass is 10.2. The zero-order valence-corrected chi connectivity index (χ0v) is 16.5. The number of aliphatic carboxylic acids is 1. The van der Waals surface area contributed by atoms with Crippen molar-refractivity contribution in [2.75, 3.05) is 13.7 Å². The van der Waals surface area contributed by atoms with Gasteiger partial charge in [-0.1, -0.05) is 18.2 Å². The topological polar surface area (TPSA) is 60.7 Å². The predicted molar refractivity (Wildman–Crippen MR) is 108 cm³/mol. The Kier molecular flexibility index (Phi) is 5.65. The molecule has 6 heteroatoms. The highest BCUT2D eigenvalue weighted by Gasteiger charge is 2.28. The van der Waals surface area contributed by atoms with Crippen molar-refractivity contribution < 1.29 is 19.5 Å². The van der Waals surface area contributed by atoms with E-state index in [2.05, 4.69) is 12.1 Å². The number of rotatable bonds is 8. The van der Waals surface area contributed by atoms with E-state index in [1.165, 1.54) is 11.8 Å². The fraction of sp³-hybridized carbons (Fsp3) is 0.286. The average molecular weight is 385 g/mol. The Bertz CT molecular complexity index is 931. The van der Waals surface area contributed by atoms with E-state index in [-0.39, 0.29) is 0 Å². The van der Waals surface area contributed by atoms with Gasteiger partial charge in [-0.2, -0.15) is 4.73 Å². The first kappa shape index (κ1) is 19.2. The van der Waals surface area contributed by atoms with Crippen LogP contribution in [0.25, 0.3) is 10.9 Å². The van der Waals surface area contributed by atoms with Crippen molar-refractivity contribution in [3.8, 4) is 5.75 Å². The molecular weight excluding hydrogens is 362 g/mol. The number of carbonyl (C=O) groups is 1. The third-order valence-corrected chi connectivity index (χ3v) is 5.45. The molecule has 3 aromatic rings. The van der Waals surface area contributed by atoms with E-state index < -0.39 is 10.7 Å². The summed E-state index contributed by atoms with van der Waals surface area (Å²) in [6.45, 7) is 3.91. The van der Waals surface area contributed by atoms with Crippen LogP contribution in [0.15, 0.2) is 59.5 Å². The molecule has 0 bridgehead atoms. The SMILES string of the molecule is COn1c(CCOc2ccc(SC(C)(C)C(=O)O)cc2)cc2ccccc21. The van der Waals surface area contributed by atoms with Crippen LogP contribution in [-0.2, 0) is 11.2 Å². The van der Waals surface area contributed by atoms with Crippen molar-refractivity contribution in [1.29, 1.82) is 0 Å². The number of carboxylic acid groups (broad SMARTS) is 1. The van der Waals surface area contributed by atoms with Gasteiger partial charge in [-0.05, 0) is 50.2 Å². The number of hydrogen-bond acceptors (Lipinski definition) is 4. The van der Waals surface area contributed by atoms with Crippen LogP contribution in [0.3, 0.4) is 0 Å². The molecular formula is C21H23NO4S. The molecule has 142 valence electrons. The maximum absolute atomic E-state index is 11.2. The van der Waals surface area contributed by atoms with Crippen LogP contribution >= 0.6 is 11.8 Å². The monoisotopic (exact) mass is 385 g/mol. The van der Waals surface area contributed by atoms with Crippen molar-refractivity contribution in [1.82, 2.24) is 4.73 Å². The van der Waals surface area contributed by atoms with Gasteiger partial charge in [0.05, 0.1) is 17.8 Å². The third kappa shape index (κ3) is 4.39. The van der Waals surface area contributed by atoms with Crippen LogP contribution in [0.1, 0.15) is 19.5 Å². The summed E-state index contributed by atoms with van der Waals surface area (Å²) in [6, 6.07) is 17.7. The minimum atomic E-state index is -0.865. The van der Waals surface area contributed by atoms with Crippen LogP contribution in [-0.4, -0.2) is 34.3 Å². The quantitative estimate of drug-likeness (QED) is 0.587. The van der Waals surface area contributed by atoms with Crippen LogP contribution in [0, 0.1) is 0 Å². The van der Waals surface area contributed by atoms with Crippen LogP contribution < -0.4 is 9.57 Å². The Morgan fingerprint density at radius 3 is 2.52 bits per heavy atom. The molecule has 0 atom stereocenters. The summed E-state index contributed by atoms with van der Waals surface area (Å²) in [5, 5.41) is 10.4. The first-order valence-corrected chi connectivity index (χ1v) is 9.51. The summed E-state index contributed by atoms with van der Waals surface area (Å²) >= 11 is 1.32. The highest BCUT2D eigenvalue weighted by molar-refractivity contribution is 8.01. The molecule has 0 unspecified atom stereocenters. The van der Waals surface area contributed by atoms with Gasteiger partial charge in [0, 0.05) is 16.7 Å². The van der Waals surface area contributed by atoms with Gasteiger partial charge in [-0.15, -0.1) is 11.8 Å². The summed E-state index contributed by atoms with van der Waals surface area (Å²) in [4.78, 5) is 17.6. The lowest BCUT2D eigenvalue weighted by molar-refractivity contribution is -0.138. The number of aromatic nitrogens is 1. The Morgan fingerprint density at radius 1 is 1.15 bits per heavy atom. The summed E-state index contributed by atoms with van der Waals surface area (Å²) in [5.74, 6) is -0.0751. The molecule has 0 spiro atoms. The molecule has 2 aromatic carbocycles. The van der Waals surface area contributed by atoms with Gasteiger partial charge in [-0.3, -0.25) is 4.79 Å². The standard InChI is InChI=1S/C21H23NO4S/c1-21(2,20(23)24)27-18-10-8-17(9-11-18)26-13-12-16-14-15-6-4-5-7-19(15)22(16)25-3/h4-11,14H,12-13H2,1-3H3,(H,23,24). The van der Waals surface area contributed by atoms with Crippen molar-refractivity contribution in [3.63, 3.8) is 0 Å². The number of thioether (sulfide) groups is 1. The van der Waals surface area contributed by atoms with Crippen LogP contribution in [0.2, 0.25) is 0 Å². The molecule has 1 N–H and O–H groups in total. The van der Waals surface area contributed by atoms with Crippen LogP contribution in [0.5, 0.6) is 5.75 Å². The molecule has 0 aliphatic heterocycles. The molecule has 3 rings (SSSR count). The number of nitrogens with zero attached hydrogens (tertiary/aromatic N) is 1. The summed E-state index contributed by atoms with van der Waals surface area (Å²) in [6.07, 6.45) is 0.713. The van der Waals surface area contributed by atoms with Gasteiger partial charge in [0.25, 0.3) is 0 Å². The molecule has 5 nitrogen and oxygen atoms in total. The van der Waals surface area contributed by atoms with E-state index in [9.17, 15) is 9.90 Å².